The molecule has 1 amide bonds. The minimum Gasteiger partial charge on any atom is -0.480 e. The molecule has 0 unspecified atom stereocenters. The number of hydrogen-bond acceptors (Lipinski definition) is 4. The van der Waals surface area contributed by atoms with Gasteiger partial charge in [0.15, 0.2) is 0 Å². The molecule has 1 aromatic rings. The summed E-state index contributed by atoms with van der Waals surface area (Å²) < 4.78 is 26.8. The van der Waals surface area contributed by atoms with Crippen LogP contribution >= 0.6 is 0 Å². The van der Waals surface area contributed by atoms with Crippen molar-refractivity contribution >= 4 is 27.6 Å². The van der Waals surface area contributed by atoms with E-state index in [1.165, 1.54) is 17.0 Å². The summed E-state index contributed by atoms with van der Waals surface area (Å²) in [6, 6.07) is 3.53. The van der Waals surface area contributed by atoms with Gasteiger partial charge in [0.05, 0.1) is 10.3 Å². The number of carboxylic acid groups (broad SMARTS) is 1. The van der Waals surface area contributed by atoms with Gasteiger partial charge in [-0.05, 0) is 50.5 Å². The van der Waals surface area contributed by atoms with Gasteiger partial charge in [-0.1, -0.05) is 0 Å². The molecule has 0 aliphatic carbocycles. The van der Waals surface area contributed by atoms with Gasteiger partial charge in [-0.25, -0.2) is 8.42 Å². The zero-order valence-electron chi connectivity index (χ0n) is 13.8. The number of hydrogen-bond donors (Lipinski definition) is 1. The number of anilines is 1. The van der Waals surface area contributed by atoms with E-state index in [1.807, 2.05) is 0 Å². The van der Waals surface area contributed by atoms with Crippen molar-refractivity contribution < 1.29 is 23.1 Å². The quantitative estimate of drug-likeness (QED) is 0.881. The molecule has 0 spiro atoms. The molecule has 8 heteroatoms. The summed E-state index contributed by atoms with van der Waals surface area (Å²) in [5, 5.41) is 9.24. The van der Waals surface area contributed by atoms with E-state index in [1.54, 1.807) is 27.0 Å². The first kappa shape index (κ1) is 16.9. The van der Waals surface area contributed by atoms with E-state index in [0.29, 0.717) is 24.1 Å². The van der Waals surface area contributed by atoms with Crippen LogP contribution in [0, 0.1) is 0 Å². The van der Waals surface area contributed by atoms with E-state index in [9.17, 15) is 23.1 Å². The Hall–Kier alpha value is -1.93. The fourth-order valence-electron chi connectivity index (χ4n) is 3.52. The first-order chi connectivity index (χ1) is 11.1. The molecule has 3 rings (SSSR count). The van der Waals surface area contributed by atoms with E-state index in [-0.39, 0.29) is 17.3 Å². The lowest BCUT2D eigenvalue weighted by Crippen LogP contribution is -2.40. The average Bonchev–Trinajstić information content (AvgIpc) is 3.08. The second kappa shape index (κ2) is 5.29. The van der Waals surface area contributed by atoms with Crippen LogP contribution in [-0.4, -0.2) is 49.3 Å². The number of carboxylic acids is 1. The molecule has 24 heavy (non-hydrogen) atoms. The number of benzene rings is 1. The van der Waals surface area contributed by atoms with Crippen LogP contribution in [-0.2, 0) is 25.0 Å². The van der Waals surface area contributed by atoms with Gasteiger partial charge in [-0.3, -0.25) is 9.59 Å². The molecular weight excluding hydrogens is 332 g/mol. The summed E-state index contributed by atoms with van der Waals surface area (Å²) in [5.74, 6) is -1.23. The van der Waals surface area contributed by atoms with Crippen LogP contribution in [0.25, 0.3) is 0 Å². The third-order valence-corrected chi connectivity index (χ3v) is 6.84. The second-order valence-electron chi connectivity index (χ2n) is 6.78. The van der Waals surface area contributed by atoms with Gasteiger partial charge in [0.25, 0.3) is 0 Å². The van der Waals surface area contributed by atoms with Crippen molar-refractivity contribution in [3.63, 3.8) is 0 Å². The highest BCUT2D eigenvalue weighted by molar-refractivity contribution is 7.89. The summed E-state index contributed by atoms with van der Waals surface area (Å²) in [6.45, 7) is 3.70. The standard InChI is InChI=1S/C16H20N2O5S/c1-16(2)11-9-10(6-7-12(11)17(3)15(16)21)24(22,23)18-8-4-5-13(18)14(19)20/h6-7,9,13H,4-5,8H2,1-3H3,(H,19,20)/t13-/m1/s1. The number of nitrogens with zero attached hydrogens (tertiary/aromatic N) is 2. The normalized spacial score (nSPS) is 23.5. The Morgan fingerprint density at radius 2 is 2.00 bits per heavy atom. The molecule has 0 bridgehead atoms. The van der Waals surface area contributed by atoms with Crippen LogP contribution in [0.4, 0.5) is 5.69 Å². The fourth-order valence-corrected chi connectivity index (χ4v) is 5.20. The summed E-state index contributed by atoms with van der Waals surface area (Å²) in [4.78, 5) is 25.2. The van der Waals surface area contributed by atoms with E-state index in [4.69, 9.17) is 0 Å². The van der Waals surface area contributed by atoms with E-state index in [2.05, 4.69) is 0 Å². The van der Waals surface area contributed by atoms with Crippen molar-refractivity contribution in [2.24, 2.45) is 0 Å². The number of sulfonamides is 1. The van der Waals surface area contributed by atoms with Crippen molar-refractivity contribution in [2.75, 3.05) is 18.5 Å². The van der Waals surface area contributed by atoms with Crippen molar-refractivity contribution in [3.8, 4) is 0 Å². The monoisotopic (exact) mass is 352 g/mol. The lowest BCUT2D eigenvalue weighted by Gasteiger charge is -2.22. The molecule has 2 aliphatic heterocycles. The van der Waals surface area contributed by atoms with Gasteiger partial charge in [-0.15, -0.1) is 0 Å². The zero-order valence-corrected chi connectivity index (χ0v) is 14.6. The van der Waals surface area contributed by atoms with E-state index in [0.717, 1.165) is 4.31 Å². The minimum atomic E-state index is -3.92. The number of carbonyl (C=O) groups is 2. The predicted molar refractivity (Wildman–Crippen MR) is 87.4 cm³/mol. The highest BCUT2D eigenvalue weighted by atomic mass is 32.2. The molecule has 130 valence electrons. The van der Waals surface area contributed by atoms with Crippen molar-refractivity contribution in [3.05, 3.63) is 23.8 Å². The van der Waals surface area contributed by atoms with Crippen LogP contribution < -0.4 is 4.90 Å². The average molecular weight is 352 g/mol. The van der Waals surface area contributed by atoms with E-state index < -0.39 is 27.4 Å². The van der Waals surface area contributed by atoms with Gasteiger partial charge in [0.1, 0.15) is 6.04 Å². The fraction of sp³-hybridized carbons (Fsp3) is 0.500. The number of amides is 1. The molecule has 2 aliphatic rings. The second-order valence-corrected chi connectivity index (χ2v) is 8.67. The number of carbonyl (C=O) groups excluding carboxylic acids is 1. The van der Waals surface area contributed by atoms with Gasteiger partial charge in [0.2, 0.25) is 15.9 Å². The lowest BCUT2D eigenvalue weighted by atomic mass is 9.86. The van der Waals surface area contributed by atoms with Crippen molar-refractivity contribution in [2.45, 2.75) is 43.0 Å². The Labute approximate surface area is 140 Å². The maximum atomic E-state index is 12.9. The van der Waals surface area contributed by atoms with Crippen LogP contribution in [0.5, 0.6) is 0 Å². The molecule has 2 heterocycles. The third kappa shape index (κ3) is 2.24. The smallest absolute Gasteiger partial charge is 0.322 e. The topological polar surface area (TPSA) is 95.0 Å². The SMILES string of the molecule is CN1C(=O)C(C)(C)c2cc(S(=O)(=O)N3CCC[C@@H]3C(=O)O)ccc21. The third-order valence-electron chi connectivity index (χ3n) is 4.94. The molecule has 1 N–H and O–H groups in total. The highest BCUT2D eigenvalue weighted by Crippen LogP contribution is 2.42. The summed E-state index contributed by atoms with van der Waals surface area (Å²) in [6.07, 6.45) is 0.833. The predicted octanol–water partition coefficient (Wildman–Crippen LogP) is 1.18. The number of rotatable bonds is 3. The first-order valence-electron chi connectivity index (χ1n) is 7.76. The summed E-state index contributed by atoms with van der Waals surface area (Å²) in [5.41, 5.74) is 0.509. The van der Waals surface area contributed by atoms with Gasteiger partial charge >= 0.3 is 5.97 Å². The molecule has 1 fully saturated rings. The Kier molecular flexibility index (Phi) is 3.72. The van der Waals surface area contributed by atoms with Crippen LogP contribution in [0.3, 0.4) is 0 Å². The lowest BCUT2D eigenvalue weighted by molar-refractivity contribution is -0.140. The largest absolute Gasteiger partial charge is 0.480 e. The number of aliphatic carboxylic acids is 1. The van der Waals surface area contributed by atoms with Gasteiger partial charge < -0.3 is 10.0 Å². The summed E-state index contributed by atoms with van der Waals surface area (Å²) in [7, 11) is -2.26. The molecule has 0 radical (unpaired) electrons. The zero-order chi connectivity index (χ0) is 17.9. The molecule has 1 aromatic carbocycles. The molecule has 0 aromatic heterocycles. The minimum absolute atomic E-state index is 0.0329. The van der Waals surface area contributed by atoms with Gasteiger partial charge in [-0.2, -0.15) is 4.31 Å². The Morgan fingerprint density at radius 1 is 1.33 bits per heavy atom. The molecule has 7 nitrogen and oxygen atoms in total. The van der Waals surface area contributed by atoms with Crippen LogP contribution in [0.1, 0.15) is 32.3 Å². The molecule has 1 saturated heterocycles. The van der Waals surface area contributed by atoms with Crippen LogP contribution in [0.2, 0.25) is 0 Å². The Morgan fingerprint density at radius 3 is 2.62 bits per heavy atom. The van der Waals surface area contributed by atoms with Crippen LogP contribution in [0.15, 0.2) is 23.1 Å². The maximum absolute atomic E-state index is 12.9. The summed E-state index contributed by atoms with van der Waals surface area (Å²) >= 11 is 0. The highest BCUT2D eigenvalue weighted by Gasteiger charge is 2.44. The molecule has 1 atom stereocenters. The first-order valence-corrected chi connectivity index (χ1v) is 9.20. The Bertz CT molecular complexity index is 831. The van der Waals surface area contributed by atoms with Gasteiger partial charge in [0, 0.05) is 19.3 Å². The number of fused-ring (bicyclic) bond motifs is 1. The molecular formula is C16H20N2O5S. The van der Waals surface area contributed by atoms with Crippen molar-refractivity contribution in [1.29, 1.82) is 0 Å². The maximum Gasteiger partial charge on any atom is 0.322 e. The molecule has 0 saturated carbocycles. The Balaban J connectivity index is 2.07. The number of likely N-dealkylation sites (N-methyl/N-ethyl adjacent to an activating group) is 1. The van der Waals surface area contributed by atoms with Crippen molar-refractivity contribution in [1.82, 2.24) is 4.31 Å². The van der Waals surface area contributed by atoms with E-state index >= 15 is 0 Å².